The molecule has 2 aliphatic heterocycles. The molecule has 2 bridgehead atoms. The molecule has 0 radical (unpaired) electrons. The predicted molar refractivity (Wildman–Crippen MR) is 115 cm³/mol. The van der Waals surface area contributed by atoms with Gasteiger partial charge in [-0.05, 0) is 58.7 Å². The number of hydrogen-bond donors (Lipinski definition) is 0. The number of benzene rings is 1. The van der Waals surface area contributed by atoms with E-state index >= 15 is 0 Å². The molecule has 0 aliphatic carbocycles. The summed E-state index contributed by atoms with van der Waals surface area (Å²) in [7, 11) is 0. The quantitative estimate of drug-likeness (QED) is 0.727. The Morgan fingerprint density at radius 1 is 1.00 bits per heavy atom. The first kappa shape index (κ1) is 20.4. The lowest BCUT2D eigenvalue weighted by molar-refractivity contribution is 0.0708. The van der Waals surface area contributed by atoms with Crippen LogP contribution in [0.1, 0.15) is 48.4 Å². The van der Waals surface area contributed by atoms with Gasteiger partial charge in [0.25, 0.3) is 5.91 Å². The number of aryl methyl sites for hydroxylation is 2. The molecule has 1 amide bonds. The summed E-state index contributed by atoms with van der Waals surface area (Å²) in [5.41, 5.74) is 2.47. The summed E-state index contributed by atoms with van der Waals surface area (Å²) >= 11 is 0. The molecule has 160 valence electrons. The molecule has 4 rings (SSSR count). The van der Waals surface area contributed by atoms with Crippen molar-refractivity contribution in [1.29, 1.82) is 0 Å². The Hall–Kier alpha value is -2.83. The van der Waals surface area contributed by atoms with E-state index in [0.717, 1.165) is 30.2 Å². The molecule has 2 saturated heterocycles. The van der Waals surface area contributed by atoms with E-state index in [1.807, 2.05) is 56.9 Å². The van der Waals surface area contributed by atoms with Gasteiger partial charge in [0.2, 0.25) is 5.95 Å². The number of amides is 1. The van der Waals surface area contributed by atoms with E-state index in [9.17, 15) is 4.79 Å². The van der Waals surface area contributed by atoms with Crippen LogP contribution < -0.4 is 14.4 Å². The predicted octanol–water partition coefficient (Wildman–Crippen LogP) is 3.38. The fraction of sp³-hybridized carbons (Fsp3) is 0.522. The van der Waals surface area contributed by atoms with Crippen LogP contribution in [0.2, 0.25) is 0 Å². The lowest BCUT2D eigenvalue weighted by Crippen LogP contribution is -2.56. The number of ether oxygens (including phenoxy) is 2. The second-order valence-electron chi connectivity index (χ2n) is 7.95. The Labute approximate surface area is 178 Å². The van der Waals surface area contributed by atoms with Gasteiger partial charge in [-0.3, -0.25) is 4.79 Å². The van der Waals surface area contributed by atoms with E-state index in [2.05, 4.69) is 14.9 Å². The summed E-state index contributed by atoms with van der Waals surface area (Å²) in [6.45, 7) is 10.1. The number of fused-ring (bicyclic) bond motifs is 2. The Bertz CT molecular complexity index is 874. The Kier molecular flexibility index (Phi) is 5.79. The molecule has 2 fully saturated rings. The Morgan fingerprint density at radius 3 is 2.03 bits per heavy atom. The highest BCUT2D eigenvalue weighted by Crippen LogP contribution is 2.36. The lowest BCUT2D eigenvalue weighted by Gasteiger charge is -2.41. The van der Waals surface area contributed by atoms with Crippen LogP contribution >= 0.6 is 0 Å². The van der Waals surface area contributed by atoms with Crippen LogP contribution in [-0.2, 0) is 0 Å². The number of carbonyl (C=O) groups excluding carboxylic acids is 1. The fourth-order valence-corrected chi connectivity index (χ4v) is 4.65. The smallest absolute Gasteiger partial charge is 0.261 e. The van der Waals surface area contributed by atoms with Gasteiger partial charge < -0.3 is 19.3 Å². The number of nitrogens with zero attached hydrogens (tertiary/aromatic N) is 4. The molecule has 7 heteroatoms. The molecular formula is C23H30N4O3. The topological polar surface area (TPSA) is 67.8 Å². The first-order valence-corrected chi connectivity index (χ1v) is 10.8. The summed E-state index contributed by atoms with van der Waals surface area (Å²) in [5.74, 6) is 1.93. The van der Waals surface area contributed by atoms with Gasteiger partial charge in [0.05, 0.1) is 13.2 Å². The third-order valence-electron chi connectivity index (χ3n) is 5.77. The van der Waals surface area contributed by atoms with Crippen molar-refractivity contribution in [2.75, 3.05) is 31.2 Å². The van der Waals surface area contributed by atoms with Gasteiger partial charge >= 0.3 is 0 Å². The van der Waals surface area contributed by atoms with Crippen molar-refractivity contribution in [1.82, 2.24) is 14.9 Å². The van der Waals surface area contributed by atoms with E-state index < -0.39 is 0 Å². The average molecular weight is 411 g/mol. The number of aromatic nitrogens is 2. The summed E-state index contributed by atoms with van der Waals surface area (Å²) in [5, 5.41) is 0. The SMILES string of the molecule is CCOc1cccc(OCC)c1C(=O)N1CC2CCC(C1)N2c1nc(C)cc(C)n1. The van der Waals surface area contributed by atoms with E-state index in [0.29, 0.717) is 43.4 Å². The minimum Gasteiger partial charge on any atom is -0.493 e. The molecule has 1 aromatic heterocycles. The number of likely N-dealkylation sites (tertiary alicyclic amines) is 1. The van der Waals surface area contributed by atoms with E-state index in [1.165, 1.54) is 0 Å². The van der Waals surface area contributed by atoms with E-state index in [-0.39, 0.29) is 18.0 Å². The van der Waals surface area contributed by atoms with Crippen molar-refractivity contribution < 1.29 is 14.3 Å². The van der Waals surface area contributed by atoms with Crippen molar-refractivity contribution in [3.63, 3.8) is 0 Å². The lowest BCUT2D eigenvalue weighted by atomic mass is 10.1. The minimum absolute atomic E-state index is 0.0274. The molecule has 7 nitrogen and oxygen atoms in total. The number of carbonyl (C=O) groups is 1. The van der Waals surface area contributed by atoms with Crippen LogP contribution in [0.4, 0.5) is 5.95 Å². The van der Waals surface area contributed by atoms with Crippen LogP contribution in [0.5, 0.6) is 11.5 Å². The monoisotopic (exact) mass is 410 g/mol. The zero-order chi connectivity index (χ0) is 21.3. The summed E-state index contributed by atoms with van der Waals surface area (Å²) < 4.78 is 11.5. The number of anilines is 1. The van der Waals surface area contributed by atoms with Crippen LogP contribution in [0.15, 0.2) is 24.3 Å². The molecule has 1 aromatic carbocycles. The van der Waals surface area contributed by atoms with Gasteiger partial charge in [0, 0.05) is 36.6 Å². The third kappa shape index (κ3) is 3.80. The fourth-order valence-electron chi connectivity index (χ4n) is 4.65. The number of piperazine rings is 1. The van der Waals surface area contributed by atoms with Gasteiger partial charge in [0.15, 0.2) is 0 Å². The van der Waals surface area contributed by atoms with Gasteiger partial charge in [-0.1, -0.05) is 6.07 Å². The summed E-state index contributed by atoms with van der Waals surface area (Å²) in [6.07, 6.45) is 2.08. The molecule has 2 atom stereocenters. The number of hydrogen-bond acceptors (Lipinski definition) is 6. The van der Waals surface area contributed by atoms with E-state index in [4.69, 9.17) is 9.47 Å². The molecule has 2 aromatic rings. The zero-order valence-electron chi connectivity index (χ0n) is 18.2. The van der Waals surface area contributed by atoms with Crippen LogP contribution in [-0.4, -0.2) is 59.2 Å². The maximum Gasteiger partial charge on any atom is 0.261 e. The largest absolute Gasteiger partial charge is 0.493 e. The Morgan fingerprint density at radius 2 is 1.53 bits per heavy atom. The minimum atomic E-state index is -0.0274. The average Bonchev–Trinajstić information content (AvgIpc) is 2.97. The van der Waals surface area contributed by atoms with Gasteiger partial charge in [-0.2, -0.15) is 0 Å². The number of rotatable bonds is 6. The highest BCUT2D eigenvalue weighted by atomic mass is 16.5. The molecule has 0 saturated carbocycles. The van der Waals surface area contributed by atoms with Crippen molar-refractivity contribution in [3.8, 4) is 11.5 Å². The maximum absolute atomic E-state index is 13.6. The van der Waals surface area contributed by atoms with Crippen molar-refractivity contribution in [2.45, 2.75) is 52.6 Å². The first-order chi connectivity index (χ1) is 14.5. The molecule has 2 unspecified atom stereocenters. The first-order valence-electron chi connectivity index (χ1n) is 10.8. The Balaban J connectivity index is 1.60. The van der Waals surface area contributed by atoms with Crippen LogP contribution in [0, 0.1) is 13.8 Å². The molecule has 3 heterocycles. The highest BCUT2D eigenvalue weighted by molar-refractivity contribution is 6.00. The highest BCUT2D eigenvalue weighted by Gasteiger charge is 2.43. The van der Waals surface area contributed by atoms with Crippen LogP contribution in [0.3, 0.4) is 0 Å². The zero-order valence-corrected chi connectivity index (χ0v) is 18.2. The third-order valence-corrected chi connectivity index (χ3v) is 5.77. The van der Waals surface area contributed by atoms with Gasteiger partial charge in [-0.25, -0.2) is 9.97 Å². The second-order valence-corrected chi connectivity index (χ2v) is 7.95. The normalized spacial score (nSPS) is 20.4. The van der Waals surface area contributed by atoms with Crippen LogP contribution in [0.25, 0.3) is 0 Å². The molecular weight excluding hydrogens is 380 g/mol. The molecule has 0 spiro atoms. The standard InChI is InChI=1S/C23H30N4O3/c1-5-29-19-8-7-9-20(30-6-2)21(19)22(28)26-13-17-10-11-18(14-26)27(17)23-24-15(3)12-16(4)25-23/h7-9,12,17-18H,5-6,10-11,13-14H2,1-4H3. The van der Waals surface area contributed by atoms with Crippen molar-refractivity contribution >= 4 is 11.9 Å². The van der Waals surface area contributed by atoms with Crippen molar-refractivity contribution in [3.05, 3.63) is 41.2 Å². The van der Waals surface area contributed by atoms with E-state index in [1.54, 1.807) is 0 Å². The second kappa shape index (κ2) is 8.50. The molecule has 30 heavy (non-hydrogen) atoms. The van der Waals surface area contributed by atoms with Crippen molar-refractivity contribution in [2.24, 2.45) is 0 Å². The van der Waals surface area contributed by atoms with Gasteiger partial charge in [-0.15, -0.1) is 0 Å². The summed E-state index contributed by atoms with van der Waals surface area (Å²) in [6, 6.07) is 7.99. The van der Waals surface area contributed by atoms with Gasteiger partial charge in [0.1, 0.15) is 17.1 Å². The molecule has 2 aliphatic rings. The summed E-state index contributed by atoms with van der Waals surface area (Å²) in [4.78, 5) is 27.2. The maximum atomic E-state index is 13.6. The molecule has 0 N–H and O–H groups in total.